The molecule has 4 nitrogen and oxygen atoms in total. The van der Waals surface area contributed by atoms with E-state index in [1.165, 1.54) is 0 Å². The van der Waals surface area contributed by atoms with Crippen LogP contribution in [0.4, 0.5) is 0 Å². The van der Waals surface area contributed by atoms with E-state index in [1.807, 2.05) is 31.2 Å². The van der Waals surface area contributed by atoms with Crippen molar-refractivity contribution >= 4 is 25.8 Å². The van der Waals surface area contributed by atoms with Crippen molar-refractivity contribution in [3.8, 4) is 0 Å². The van der Waals surface area contributed by atoms with Gasteiger partial charge in [0, 0.05) is 16.4 Å². The van der Waals surface area contributed by atoms with Crippen LogP contribution in [0, 0.1) is 5.41 Å². The van der Waals surface area contributed by atoms with Gasteiger partial charge in [-0.3, -0.25) is 0 Å². The van der Waals surface area contributed by atoms with Crippen molar-refractivity contribution < 1.29 is 13.5 Å². The molecule has 1 fully saturated rings. The first-order valence-corrected chi connectivity index (χ1v) is 9.29. The van der Waals surface area contributed by atoms with Crippen LogP contribution in [0.2, 0.25) is 0 Å². The van der Waals surface area contributed by atoms with Crippen molar-refractivity contribution in [1.82, 2.24) is 0 Å². The number of hydrogen-bond acceptors (Lipinski definition) is 4. The van der Waals surface area contributed by atoms with Crippen LogP contribution >= 0.6 is 15.9 Å². The average Bonchev–Trinajstić information content (AvgIpc) is 2.75. The van der Waals surface area contributed by atoms with Crippen LogP contribution in [0.1, 0.15) is 25.3 Å². The number of benzene rings is 1. The first kappa shape index (κ1) is 15.9. The first-order chi connectivity index (χ1) is 9.28. The Morgan fingerprint density at radius 3 is 2.65 bits per heavy atom. The molecule has 0 aromatic heterocycles. The van der Waals surface area contributed by atoms with Crippen LogP contribution < -0.4 is 5.73 Å². The molecular weight excluding hydrogens is 342 g/mol. The zero-order valence-corrected chi connectivity index (χ0v) is 13.9. The van der Waals surface area contributed by atoms with Crippen molar-refractivity contribution in [2.75, 3.05) is 18.1 Å². The summed E-state index contributed by atoms with van der Waals surface area (Å²) in [6.07, 6.45) is 0.832. The standard InChI is InChI=1S/C14H20BrNO3S/c1-2-14(17,11-4-3-5-12(15)8-11)13(9-16)6-7-20(18,19)10-13/h3-5,8,17H,2,6-7,9-10,16H2,1H3. The molecule has 2 atom stereocenters. The summed E-state index contributed by atoms with van der Waals surface area (Å²) in [5.41, 5.74) is 4.58. The summed E-state index contributed by atoms with van der Waals surface area (Å²) in [5, 5.41) is 11.2. The van der Waals surface area contributed by atoms with Crippen LogP contribution in [-0.2, 0) is 15.4 Å². The second-order valence-electron chi connectivity index (χ2n) is 5.55. The van der Waals surface area contributed by atoms with Crippen LogP contribution in [-0.4, -0.2) is 31.6 Å². The molecule has 1 saturated heterocycles. The summed E-state index contributed by atoms with van der Waals surface area (Å²) in [6.45, 7) is 2.02. The summed E-state index contributed by atoms with van der Waals surface area (Å²) in [7, 11) is -3.13. The molecule has 1 aliphatic rings. The molecule has 1 aromatic carbocycles. The minimum atomic E-state index is -3.13. The third-order valence-electron chi connectivity index (χ3n) is 4.47. The molecule has 1 aliphatic heterocycles. The summed E-state index contributed by atoms with van der Waals surface area (Å²) < 4.78 is 24.6. The second kappa shape index (κ2) is 5.40. The molecule has 1 heterocycles. The predicted octanol–water partition coefficient (Wildman–Crippen LogP) is 1.81. The predicted molar refractivity (Wildman–Crippen MR) is 83.1 cm³/mol. The van der Waals surface area contributed by atoms with E-state index in [9.17, 15) is 13.5 Å². The fraction of sp³-hybridized carbons (Fsp3) is 0.571. The molecule has 0 aliphatic carbocycles. The molecule has 0 radical (unpaired) electrons. The topological polar surface area (TPSA) is 80.4 Å². The van der Waals surface area contributed by atoms with Crippen molar-refractivity contribution in [3.05, 3.63) is 34.3 Å². The van der Waals surface area contributed by atoms with Gasteiger partial charge in [0.25, 0.3) is 0 Å². The quantitative estimate of drug-likeness (QED) is 0.856. The molecular formula is C14H20BrNO3S. The van der Waals surface area contributed by atoms with Gasteiger partial charge in [-0.1, -0.05) is 35.0 Å². The normalized spacial score (nSPS) is 28.2. The van der Waals surface area contributed by atoms with Crippen molar-refractivity contribution in [2.45, 2.75) is 25.4 Å². The Bertz CT molecular complexity index is 604. The smallest absolute Gasteiger partial charge is 0.151 e. The Hall–Kier alpha value is -0.430. The zero-order chi connectivity index (χ0) is 15.0. The van der Waals surface area contributed by atoms with Crippen molar-refractivity contribution in [1.29, 1.82) is 0 Å². The molecule has 0 saturated carbocycles. The van der Waals surface area contributed by atoms with Crippen LogP contribution in [0.3, 0.4) is 0 Å². The van der Waals surface area contributed by atoms with Crippen molar-refractivity contribution in [3.63, 3.8) is 0 Å². The highest BCUT2D eigenvalue weighted by Crippen LogP contribution is 2.49. The maximum atomic E-state index is 11.9. The maximum Gasteiger partial charge on any atom is 0.151 e. The number of aliphatic hydroxyl groups is 1. The van der Waals surface area contributed by atoms with E-state index in [0.717, 1.165) is 10.0 Å². The number of rotatable bonds is 4. The van der Waals surface area contributed by atoms with Crippen molar-refractivity contribution in [2.24, 2.45) is 11.1 Å². The molecule has 2 unspecified atom stereocenters. The number of hydrogen-bond donors (Lipinski definition) is 2. The largest absolute Gasteiger partial charge is 0.385 e. The van der Waals surface area contributed by atoms with Gasteiger partial charge in [0.1, 0.15) is 0 Å². The van der Waals surface area contributed by atoms with Gasteiger partial charge < -0.3 is 10.8 Å². The maximum absolute atomic E-state index is 11.9. The number of halogens is 1. The van der Waals surface area contributed by atoms with Gasteiger partial charge in [-0.2, -0.15) is 0 Å². The lowest BCUT2D eigenvalue weighted by Gasteiger charge is -2.44. The Morgan fingerprint density at radius 2 is 2.20 bits per heavy atom. The molecule has 0 spiro atoms. The third kappa shape index (κ3) is 2.54. The molecule has 0 amide bonds. The Kier molecular flexibility index (Phi) is 4.31. The fourth-order valence-electron chi connectivity index (χ4n) is 3.20. The minimum absolute atomic E-state index is 0.0483. The van der Waals surface area contributed by atoms with E-state index < -0.39 is 20.9 Å². The van der Waals surface area contributed by atoms with Gasteiger partial charge in [0.15, 0.2) is 9.84 Å². The van der Waals surface area contributed by atoms with E-state index >= 15 is 0 Å². The first-order valence-electron chi connectivity index (χ1n) is 6.67. The fourth-order valence-corrected chi connectivity index (χ4v) is 5.79. The molecule has 1 aromatic rings. The lowest BCUT2D eigenvalue weighted by Crippen LogP contribution is -2.51. The SMILES string of the molecule is CCC(O)(c1cccc(Br)c1)C1(CN)CCS(=O)(=O)C1. The molecule has 0 bridgehead atoms. The summed E-state index contributed by atoms with van der Waals surface area (Å²) in [5.74, 6) is 0.0495. The van der Waals surface area contributed by atoms with E-state index in [1.54, 1.807) is 0 Å². The molecule has 6 heteroatoms. The highest BCUT2D eigenvalue weighted by Gasteiger charge is 2.55. The monoisotopic (exact) mass is 361 g/mol. The van der Waals surface area contributed by atoms with Gasteiger partial charge in [-0.15, -0.1) is 0 Å². The minimum Gasteiger partial charge on any atom is -0.385 e. The van der Waals surface area contributed by atoms with Gasteiger partial charge in [0.2, 0.25) is 0 Å². The van der Waals surface area contributed by atoms with E-state index in [4.69, 9.17) is 5.73 Å². The van der Waals surface area contributed by atoms with Gasteiger partial charge in [-0.05, 0) is 30.5 Å². The highest BCUT2D eigenvalue weighted by atomic mass is 79.9. The van der Waals surface area contributed by atoms with Gasteiger partial charge >= 0.3 is 0 Å². The van der Waals surface area contributed by atoms with Gasteiger partial charge in [0.05, 0.1) is 17.1 Å². The lowest BCUT2D eigenvalue weighted by atomic mass is 9.66. The van der Waals surface area contributed by atoms with Gasteiger partial charge in [-0.25, -0.2) is 8.42 Å². The van der Waals surface area contributed by atoms with Crippen LogP contribution in [0.15, 0.2) is 28.7 Å². The second-order valence-corrected chi connectivity index (χ2v) is 8.65. The highest BCUT2D eigenvalue weighted by molar-refractivity contribution is 9.10. The van der Waals surface area contributed by atoms with Crippen LogP contribution in [0.5, 0.6) is 0 Å². The number of sulfone groups is 1. The average molecular weight is 362 g/mol. The van der Waals surface area contributed by atoms with E-state index in [0.29, 0.717) is 12.8 Å². The molecule has 2 rings (SSSR count). The van der Waals surface area contributed by atoms with E-state index in [2.05, 4.69) is 15.9 Å². The summed E-state index contributed by atoms with van der Waals surface area (Å²) in [4.78, 5) is 0. The Labute approximate surface area is 128 Å². The zero-order valence-electron chi connectivity index (χ0n) is 11.5. The molecule has 112 valence electrons. The Balaban J connectivity index is 2.54. The third-order valence-corrected chi connectivity index (χ3v) is 6.78. The number of nitrogens with two attached hydrogens (primary N) is 1. The molecule has 20 heavy (non-hydrogen) atoms. The summed E-state index contributed by atoms with van der Waals surface area (Å²) in [6, 6.07) is 7.39. The lowest BCUT2D eigenvalue weighted by molar-refractivity contribution is -0.0779. The Morgan fingerprint density at radius 1 is 1.50 bits per heavy atom. The van der Waals surface area contributed by atoms with Crippen LogP contribution in [0.25, 0.3) is 0 Å². The summed E-state index contributed by atoms with van der Waals surface area (Å²) >= 11 is 3.39. The molecule has 3 N–H and O–H groups in total. The van der Waals surface area contributed by atoms with E-state index in [-0.39, 0.29) is 18.1 Å².